The Kier molecular flexibility index (Phi) is 5.52. The Labute approximate surface area is 143 Å². The summed E-state index contributed by atoms with van der Waals surface area (Å²) in [7, 11) is 2.96. The highest BCUT2D eigenvalue weighted by Gasteiger charge is 2.49. The van der Waals surface area contributed by atoms with Crippen LogP contribution in [0, 0.1) is 12.8 Å². The number of carbonyl (C=O) groups is 2. The van der Waals surface area contributed by atoms with Crippen LogP contribution in [0.2, 0.25) is 0 Å². The average Bonchev–Trinajstić information content (AvgIpc) is 3.40. The van der Waals surface area contributed by atoms with Gasteiger partial charge in [0.15, 0.2) is 0 Å². The zero-order valence-corrected chi connectivity index (χ0v) is 15.2. The van der Waals surface area contributed by atoms with Gasteiger partial charge in [-0.3, -0.25) is 4.79 Å². The maximum atomic E-state index is 12.6. The third kappa shape index (κ3) is 3.71. The van der Waals surface area contributed by atoms with Crippen LogP contribution >= 0.6 is 0 Å². The normalized spacial score (nSPS) is 16.2. The Balaban J connectivity index is 2.22. The summed E-state index contributed by atoms with van der Waals surface area (Å²) in [5.41, 5.74) is 2.13. The number of ether oxygens (including phenoxy) is 2. The SMILES string of the molecule is CCc1cc(C)cc(OC)c1CC(=O)NC(C)(C(=O)OC)C1CC1. The molecule has 1 saturated carbocycles. The average molecular weight is 333 g/mol. The molecule has 24 heavy (non-hydrogen) atoms. The zero-order valence-electron chi connectivity index (χ0n) is 15.2. The van der Waals surface area contributed by atoms with Gasteiger partial charge in [-0.1, -0.05) is 13.0 Å². The van der Waals surface area contributed by atoms with E-state index in [1.54, 1.807) is 14.0 Å². The molecule has 2 rings (SSSR count). The van der Waals surface area contributed by atoms with E-state index >= 15 is 0 Å². The minimum absolute atomic E-state index is 0.152. The van der Waals surface area contributed by atoms with Crippen molar-refractivity contribution in [3.05, 3.63) is 28.8 Å². The molecule has 1 aliphatic rings. The number of aryl methyl sites for hydroxylation is 2. The number of nitrogens with one attached hydrogen (secondary N) is 1. The lowest BCUT2D eigenvalue weighted by Crippen LogP contribution is -2.55. The van der Waals surface area contributed by atoms with Gasteiger partial charge in [-0.25, -0.2) is 4.79 Å². The van der Waals surface area contributed by atoms with Crippen LogP contribution in [-0.2, 0) is 27.2 Å². The molecule has 0 aromatic heterocycles. The van der Waals surface area contributed by atoms with E-state index in [1.165, 1.54) is 7.11 Å². The van der Waals surface area contributed by atoms with Crippen LogP contribution in [0.25, 0.3) is 0 Å². The number of amides is 1. The van der Waals surface area contributed by atoms with Crippen molar-refractivity contribution < 1.29 is 19.1 Å². The van der Waals surface area contributed by atoms with Gasteiger partial charge in [-0.2, -0.15) is 0 Å². The molecule has 1 N–H and O–H groups in total. The molecule has 0 saturated heterocycles. The first-order chi connectivity index (χ1) is 11.3. The van der Waals surface area contributed by atoms with Crippen LogP contribution in [0.15, 0.2) is 12.1 Å². The van der Waals surface area contributed by atoms with E-state index in [9.17, 15) is 9.59 Å². The second-order valence-corrected chi connectivity index (χ2v) is 6.65. The molecule has 132 valence electrons. The van der Waals surface area contributed by atoms with Crippen LogP contribution < -0.4 is 10.1 Å². The minimum Gasteiger partial charge on any atom is -0.496 e. The predicted molar refractivity (Wildman–Crippen MR) is 92.1 cm³/mol. The van der Waals surface area contributed by atoms with Gasteiger partial charge in [0.1, 0.15) is 11.3 Å². The Morgan fingerprint density at radius 2 is 1.96 bits per heavy atom. The van der Waals surface area contributed by atoms with E-state index in [1.807, 2.05) is 13.0 Å². The molecule has 0 spiro atoms. The van der Waals surface area contributed by atoms with Crippen LogP contribution in [-0.4, -0.2) is 31.6 Å². The zero-order chi connectivity index (χ0) is 17.9. The molecular formula is C19H27NO4. The van der Waals surface area contributed by atoms with E-state index in [2.05, 4.69) is 18.3 Å². The fourth-order valence-corrected chi connectivity index (χ4v) is 3.24. The monoisotopic (exact) mass is 333 g/mol. The fourth-order valence-electron chi connectivity index (χ4n) is 3.24. The summed E-state index contributed by atoms with van der Waals surface area (Å²) in [6, 6.07) is 4.01. The molecule has 5 nitrogen and oxygen atoms in total. The largest absolute Gasteiger partial charge is 0.496 e. The van der Waals surface area contributed by atoms with E-state index in [-0.39, 0.29) is 24.2 Å². The minimum atomic E-state index is -0.948. The third-order valence-corrected chi connectivity index (χ3v) is 4.79. The summed E-state index contributed by atoms with van der Waals surface area (Å²) in [5, 5.41) is 2.90. The molecule has 5 heteroatoms. The molecule has 0 bridgehead atoms. The number of esters is 1. The first kappa shape index (κ1) is 18.3. The van der Waals surface area contributed by atoms with E-state index < -0.39 is 5.54 Å². The number of methoxy groups -OCH3 is 2. The summed E-state index contributed by atoms with van der Waals surface area (Å²) in [5.74, 6) is 0.296. The number of benzene rings is 1. The molecule has 0 aliphatic heterocycles. The van der Waals surface area contributed by atoms with Crippen molar-refractivity contribution in [3.8, 4) is 5.75 Å². The van der Waals surface area contributed by atoms with Gasteiger partial charge < -0.3 is 14.8 Å². The highest BCUT2D eigenvalue weighted by atomic mass is 16.5. The molecule has 1 atom stereocenters. The Bertz CT molecular complexity index is 611. The van der Waals surface area contributed by atoms with Crippen molar-refractivity contribution in [2.75, 3.05) is 14.2 Å². The molecule has 1 fully saturated rings. The van der Waals surface area contributed by atoms with E-state index in [0.717, 1.165) is 36.0 Å². The van der Waals surface area contributed by atoms with Crippen LogP contribution in [0.4, 0.5) is 0 Å². The number of rotatable bonds is 7. The highest BCUT2D eigenvalue weighted by molar-refractivity contribution is 5.89. The molecule has 1 aromatic carbocycles. The van der Waals surface area contributed by atoms with Crippen LogP contribution in [0.1, 0.15) is 43.4 Å². The van der Waals surface area contributed by atoms with Crippen molar-refractivity contribution in [3.63, 3.8) is 0 Å². The summed E-state index contributed by atoms with van der Waals surface area (Å²) in [4.78, 5) is 24.8. The maximum Gasteiger partial charge on any atom is 0.331 e. The molecule has 0 radical (unpaired) electrons. The van der Waals surface area contributed by atoms with Gasteiger partial charge in [0.05, 0.1) is 20.6 Å². The van der Waals surface area contributed by atoms with Crippen molar-refractivity contribution in [1.82, 2.24) is 5.32 Å². The van der Waals surface area contributed by atoms with E-state index in [4.69, 9.17) is 9.47 Å². The Morgan fingerprint density at radius 1 is 1.29 bits per heavy atom. The van der Waals surface area contributed by atoms with Gasteiger partial charge in [0, 0.05) is 5.56 Å². The summed E-state index contributed by atoms with van der Waals surface area (Å²) >= 11 is 0. The van der Waals surface area contributed by atoms with Gasteiger partial charge >= 0.3 is 5.97 Å². The Hall–Kier alpha value is -2.04. The van der Waals surface area contributed by atoms with Crippen LogP contribution in [0.5, 0.6) is 5.75 Å². The van der Waals surface area contributed by atoms with Crippen molar-refractivity contribution in [2.45, 2.75) is 52.0 Å². The predicted octanol–water partition coefficient (Wildman–Crippen LogP) is 2.57. The third-order valence-electron chi connectivity index (χ3n) is 4.79. The quantitative estimate of drug-likeness (QED) is 0.779. The second-order valence-electron chi connectivity index (χ2n) is 6.65. The topological polar surface area (TPSA) is 64.6 Å². The summed E-state index contributed by atoms with van der Waals surface area (Å²) < 4.78 is 10.4. The van der Waals surface area contributed by atoms with Gasteiger partial charge in [-0.05, 0) is 56.2 Å². The van der Waals surface area contributed by atoms with Gasteiger partial charge in [0.25, 0.3) is 0 Å². The smallest absolute Gasteiger partial charge is 0.331 e. The maximum absolute atomic E-state index is 12.6. The van der Waals surface area contributed by atoms with Crippen molar-refractivity contribution in [1.29, 1.82) is 0 Å². The van der Waals surface area contributed by atoms with E-state index in [0.29, 0.717) is 5.75 Å². The summed E-state index contributed by atoms with van der Waals surface area (Å²) in [6.07, 6.45) is 2.86. The second kappa shape index (κ2) is 7.24. The van der Waals surface area contributed by atoms with Crippen molar-refractivity contribution in [2.24, 2.45) is 5.92 Å². The lowest BCUT2D eigenvalue weighted by Gasteiger charge is -2.28. The lowest BCUT2D eigenvalue weighted by atomic mass is 9.94. The number of carbonyl (C=O) groups excluding carboxylic acids is 2. The fraction of sp³-hybridized carbons (Fsp3) is 0.579. The molecule has 0 heterocycles. The molecule has 1 amide bonds. The molecule has 1 aliphatic carbocycles. The van der Waals surface area contributed by atoms with Crippen molar-refractivity contribution >= 4 is 11.9 Å². The molecule has 1 unspecified atom stereocenters. The Morgan fingerprint density at radius 3 is 2.46 bits per heavy atom. The summed E-state index contributed by atoms with van der Waals surface area (Å²) in [6.45, 7) is 5.81. The first-order valence-electron chi connectivity index (χ1n) is 8.41. The first-order valence-corrected chi connectivity index (χ1v) is 8.41. The molecular weight excluding hydrogens is 306 g/mol. The van der Waals surface area contributed by atoms with Crippen LogP contribution in [0.3, 0.4) is 0 Å². The lowest BCUT2D eigenvalue weighted by molar-refractivity contribution is -0.151. The van der Waals surface area contributed by atoms with Gasteiger partial charge in [0.2, 0.25) is 5.91 Å². The number of hydrogen-bond acceptors (Lipinski definition) is 4. The highest BCUT2D eigenvalue weighted by Crippen LogP contribution is 2.40. The number of hydrogen-bond donors (Lipinski definition) is 1. The standard InChI is InChI=1S/C19H27NO4/c1-6-13-9-12(2)10-16(23-4)15(13)11-17(21)20-19(3,14-7-8-14)18(22)24-5/h9-10,14H,6-8,11H2,1-5H3,(H,20,21). The molecule has 1 aromatic rings. The van der Waals surface area contributed by atoms with Gasteiger partial charge in [-0.15, -0.1) is 0 Å².